The van der Waals surface area contributed by atoms with Gasteiger partial charge in [0.15, 0.2) is 0 Å². The number of benzene rings is 3. The van der Waals surface area contributed by atoms with Crippen molar-refractivity contribution >= 4 is 46.6 Å². The molecule has 1 saturated heterocycles. The number of piperazine rings is 1. The molecule has 1 fully saturated rings. The number of halogens is 1. The summed E-state index contributed by atoms with van der Waals surface area (Å²) in [4.78, 5) is 55.4. The Hall–Kier alpha value is -5.10. The third-order valence-electron chi connectivity index (χ3n) is 7.05. The molecule has 0 bridgehead atoms. The van der Waals surface area contributed by atoms with Crippen molar-refractivity contribution in [3.63, 3.8) is 0 Å². The van der Waals surface area contributed by atoms with Crippen molar-refractivity contribution in [2.75, 3.05) is 23.3 Å². The number of fused-ring (bicyclic) bond motifs is 1. The molecule has 1 atom stereocenters. The van der Waals surface area contributed by atoms with Gasteiger partial charge in [0.25, 0.3) is 5.91 Å². The quantitative estimate of drug-likeness (QED) is 0.346. The summed E-state index contributed by atoms with van der Waals surface area (Å²) < 4.78 is 1.38. The van der Waals surface area contributed by atoms with Crippen LogP contribution in [0.25, 0.3) is 5.69 Å². The number of carbonyl (C=O) groups is 4. The van der Waals surface area contributed by atoms with Gasteiger partial charge in [-0.05, 0) is 58.0 Å². The molecule has 13 heteroatoms. The van der Waals surface area contributed by atoms with E-state index < -0.39 is 23.8 Å². The number of rotatable bonds is 7. The van der Waals surface area contributed by atoms with E-state index >= 15 is 0 Å². The molecule has 2 N–H and O–H groups in total. The van der Waals surface area contributed by atoms with Gasteiger partial charge in [-0.2, -0.15) is 4.68 Å². The van der Waals surface area contributed by atoms with E-state index in [0.717, 1.165) is 11.1 Å². The van der Waals surface area contributed by atoms with Crippen LogP contribution in [0.5, 0.6) is 0 Å². The molecule has 2 aliphatic rings. The molecule has 41 heavy (non-hydrogen) atoms. The van der Waals surface area contributed by atoms with E-state index in [9.17, 15) is 19.2 Å². The number of hydrogen-bond donors (Lipinski definition) is 2. The molecule has 12 nitrogen and oxygen atoms in total. The Balaban J connectivity index is 1.28. The zero-order valence-corrected chi connectivity index (χ0v) is 22.3. The van der Waals surface area contributed by atoms with Crippen molar-refractivity contribution in [3.8, 4) is 5.69 Å². The molecule has 1 aromatic heterocycles. The first-order valence-corrected chi connectivity index (χ1v) is 13.1. The third kappa shape index (κ3) is 5.24. The molecule has 4 amide bonds. The topological polar surface area (TPSA) is 142 Å². The fraction of sp³-hybridized carbons (Fsp3) is 0.179. The normalized spacial score (nSPS) is 15.5. The van der Waals surface area contributed by atoms with Gasteiger partial charge < -0.3 is 15.5 Å². The van der Waals surface area contributed by atoms with Crippen LogP contribution in [0.1, 0.15) is 21.5 Å². The number of carbonyl (C=O) groups excluding carboxylic acids is 4. The minimum Gasteiger partial charge on any atom is -0.348 e. The minimum atomic E-state index is -0.970. The first-order chi connectivity index (χ1) is 19.9. The Morgan fingerprint density at radius 1 is 0.976 bits per heavy atom. The number of anilines is 2. The lowest BCUT2D eigenvalue weighted by Gasteiger charge is -2.38. The maximum absolute atomic E-state index is 13.7. The molecule has 0 spiro atoms. The number of hydrogen-bond acceptors (Lipinski definition) is 7. The number of aromatic nitrogens is 4. The predicted octanol–water partition coefficient (Wildman–Crippen LogP) is 1.98. The molecule has 0 radical (unpaired) electrons. The summed E-state index contributed by atoms with van der Waals surface area (Å²) in [6.45, 7) is -0.260. The summed E-state index contributed by atoms with van der Waals surface area (Å²) in [6, 6.07) is 18.2. The largest absolute Gasteiger partial charge is 0.348 e. The van der Waals surface area contributed by atoms with E-state index in [-0.39, 0.29) is 25.4 Å². The summed E-state index contributed by atoms with van der Waals surface area (Å²) in [5, 5.41) is 17.2. The molecule has 4 aromatic rings. The SMILES string of the molecule is O=C1NCc2cc(NC(=O)C(Cc3ccccc3)N3CC(=O)N(c4cc(Cl)ccc4-n4cnnn4)CC3=O)ccc21. The molecular formula is C28H23ClN8O4. The van der Waals surface area contributed by atoms with E-state index in [2.05, 4.69) is 26.2 Å². The van der Waals surface area contributed by atoms with Crippen molar-refractivity contribution in [1.82, 2.24) is 30.4 Å². The Labute approximate surface area is 238 Å². The van der Waals surface area contributed by atoms with Gasteiger partial charge in [-0.25, -0.2) is 0 Å². The van der Waals surface area contributed by atoms with E-state index in [1.807, 2.05) is 30.3 Å². The van der Waals surface area contributed by atoms with Crippen LogP contribution < -0.4 is 15.5 Å². The summed E-state index contributed by atoms with van der Waals surface area (Å²) >= 11 is 6.24. The van der Waals surface area contributed by atoms with Crippen molar-refractivity contribution in [1.29, 1.82) is 0 Å². The van der Waals surface area contributed by atoms with E-state index in [0.29, 0.717) is 34.2 Å². The highest BCUT2D eigenvalue weighted by molar-refractivity contribution is 6.31. The predicted molar refractivity (Wildman–Crippen MR) is 148 cm³/mol. The monoisotopic (exact) mass is 570 g/mol. The van der Waals surface area contributed by atoms with E-state index in [4.69, 9.17) is 11.6 Å². The van der Waals surface area contributed by atoms with Gasteiger partial charge in [-0.3, -0.25) is 24.1 Å². The van der Waals surface area contributed by atoms with Crippen molar-refractivity contribution < 1.29 is 19.2 Å². The van der Waals surface area contributed by atoms with Crippen LogP contribution in [0.3, 0.4) is 0 Å². The van der Waals surface area contributed by atoms with Gasteiger partial charge in [-0.15, -0.1) is 5.10 Å². The fourth-order valence-electron chi connectivity index (χ4n) is 5.03. The van der Waals surface area contributed by atoms with Gasteiger partial charge in [0.2, 0.25) is 17.7 Å². The van der Waals surface area contributed by atoms with Gasteiger partial charge in [0, 0.05) is 29.2 Å². The van der Waals surface area contributed by atoms with Crippen molar-refractivity contribution in [2.45, 2.75) is 19.0 Å². The summed E-state index contributed by atoms with van der Waals surface area (Å²) in [7, 11) is 0. The zero-order chi connectivity index (χ0) is 28.5. The molecular weight excluding hydrogens is 548 g/mol. The van der Waals surface area contributed by atoms with Gasteiger partial charge >= 0.3 is 0 Å². The Morgan fingerprint density at radius 3 is 2.59 bits per heavy atom. The molecule has 1 unspecified atom stereocenters. The Morgan fingerprint density at radius 2 is 1.80 bits per heavy atom. The Kier molecular flexibility index (Phi) is 6.89. The average molecular weight is 571 g/mol. The second-order valence-corrected chi connectivity index (χ2v) is 10.1. The van der Waals surface area contributed by atoms with Crippen molar-refractivity contribution in [3.05, 3.63) is 94.8 Å². The maximum atomic E-state index is 13.7. The lowest BCUT2D eigenvalue weighted by atomic mass is 10.0. The van der Waals surface area contributed by atoms with Crippen LogP contribution in [0.4, 0.5) is 11.4 Å². The van der Waals surface area contributed by atoms with Gasteiger partial charge in [0.1, 0.15) is 25.5 Å². The van der Waals surface area contributed by atoms with E-state index in [1.165, 1.54) is 20.8 Å². The number of nitrogens with one attached hydrogen (secondary N) is 2. The highest BCUT2D eigenvalue weighted by Gasteiger charge is 2.39. The average Bonchev–Trinajstić information content (AvgIpc) is 3.63. The third-order valence-corrected chi connectivity index (χ3v) is 7.29. The highest BCUT2D eigenvalue weighted by atomic mass is 35.5. The van der Waals surface area contributed by atoms with E-state index in [1.54, 1.807) is 36.4 Å². The Bertz CT molecular complexity index is 1660. The fourth-order valence-corrected chi connectivity index (χ4v) is 5.20. The second kappa shape index (κ2) is 10.8. The van der Waals surface area contributed by atoms with Crippen molar-refractivity contribution in [2.24, 2.45) is 0 Å². The van der Waals surface area contributed by atoms with Crippen LogP contribution >= 0.6 is 11.6 Å². The molecule has 6 rings (SSSR count). The molecule has 2 aliphatic heterocycles. The minimum absolute atomic E-state index is 0.162. The van der Waals surface area contributed by atoms with Crippen LogP contribution in [0, 0.1) is 0 Å². The number of tetrazole rings is 1. The number of nitrogens with zero attached hydrogens (tertiary/aromatic N) is 6. The van der Waals surface area contributed by atoms with Gasteiger partial charge in [-0.1, -0.05) is 41.9 Å². The lowest BCUT2D eigenvalue weighted by Crippen LogP contribution is -2.60. The first kappa shape index (κ1) is 26.1. The van der Waals surface area contributed by atoms with Crippen LogP contribution in [-0.2, 0) is 27.3 Å². The molecule has 3 heterocycles. The standard InChI is InChI=1S/C28H23ClN8O4/c29-19-6-9-22(37-16-31-33-34-37)23(12-19)35-14-26(39)36(15-25(35)38)24(10-17-4-2-1-3-5-17)28(41)32-20-7-8-21-18(11-20)13-30-27(21)40/h1-9,11-12,16,24H,10,13-15H2,(H,30,40)(H,32,41). The molecule has 0 aliphatic carbocycles. The molecule has 0 saturated carbocycles. The number of amides is 4. The first-order valence-electron chi connectivity index (χ1n) is 12.8. The second-order valence-electron chi connectivity index (χ2n) is 9.64. The van der Waals surface area contributed by atoms with Crippen LogP contribution in [-0.4, -0.2) is 67.9 Å². The zero-order valence-electron chi connectivity index (χ0n) is 21.5. The lowest BCUT2D eigenvalue weighted by molar-refractivity contribution is -0.143. The summed E-state index contributed by atoms with van der Waals surface area (Å²) in [5.74, 6) is -1.41. The van der Waals surface area contributed by atoms with Crippen LogP contribution in [0.15, 0.2) is 73.1 Å². The van der Waals surface area contributed by atoms with Gasteiger partial charge in [0.05, 0.1) is 11.4 Å². The maximum Gasteiger partial charge on any atom is 0.251 e. The molecule has 3 aromatic carbocycles. The highest BCUT2D eigenvalue weighted by Crippen LogP contribution is 2.30. The molecule has 206 valence electrons. The summed E-state index contributed by atoms with van der Waals surface area (Å²) in [5.41, 5.74) is 3.49. The smallest absolute Gasteiger partial charge is 0.251 e. The van der Waals surface area contributed by atoms with Crippen LogP contribution in [0.2, 0.25) is 5.02 Å². The summed E-state index contributed by atoms with van der Waals surface area (Å²) in [6.07, 6.45) is 1.57.